The molecule has 1 aromatic rings. The maximum Gasteiger partial charge on any atom is 0.191 e. The number of benzene rings is 1. The molecule has 1 aromatic carbocycles. The Morgan fingerprint density at radius 1 is 1.20 bits per heavy atom. The van der Waals surface area contributed by atoms with E-state index in [0.717, 1.165) is 71.3 Å². The van der Waals surface area contributed by atoms with Gasteiger partial charge >= 0.3 is 0 Å². The minimum Gasteiger partial charge on any atom is -0.381 e. The quantitative estimate of drug-likeness (QED) is 0.529. The Kier molecular flexibility index (Phi) is 8.54. The van der Waals surface area contributed by atoms with Gasteiger partial charge in [-0.25, -0.2) is 0 Å². The van der Waals surface area contributed by atoms with E-state index in [9.17, 15) is 0 Å². The number of rotatable bonds is 7. The number of hydrogen-bond acceptors (Lipinski definition) is 4. The average molecular weight is 417 g/mol. The first kappa shape index (κ1) is 23.0. The van der Waals surface area contributed by atoms with E-state index < -0.39 is 0 Å². The summed E-state index contributed by atoms with van der Waals surface area (Å²) in [5, 5.41) is 7.09. The molecule has 0 spiro atoms. The second-order valence-electron chi connectivity index (χ2n) is 9.16. The summed E-state index contributed by atoms with van der Waals surface area (Å²) in [6.07, 6.45) is 2.25. The van der Waals surface area contributed by atoms with Crippen molar-refractivity contribution < 1.29 is 9.47 Å². The molecule has 2 saturated heterocycles. The molecule has 6 nitrogen and oxygen atoms in total. The number of nitrogens with zero attached hydrogens (tertiary/aromatic N) is 2. The summed E-state index contributed by atoms with van der Waals surface area (Å²) in [6, 6.07) is 8.75. The first-order valence-electron chi connectivity index (χ1n) is 11.4. The van der Waals surface area contributed by atoms with Crippen LogP contribution in [0.1, 0.15) is 37.8 Å². The second-order valence-corrected chi connectivity index (χ2v) is 9.16. The van der Waals surface area contributed by atoms with Crippen molar-refractivity contribution in [1.29, 1.82) is 0 Å². The van der Waals surface area contributed by atoms with Gasteiger partial charge in [0.15, 0.2) is 5.96 Å². The minimum atomic E-state index is 0.0800. The monoisotopic (exact) mass is 416 g/mol. The smallest absolute Gasteiger partial charge is 0.191 e. The van der Waals surface area contributed by atoms with Crippen LogP contribution in [0.2, 0.25) is 0 Å². The Bertz CT molecular complexity index is 686. The molecule has 0 bridgehead atoms. The van der Waals surface area contributed by atoms with Gasteiger partial charge in [0.05, 0.1) is 12.7 Å². The lowest BCUT2D eigenvalue weighted by atomic mass is 9.72. The molecule has 0 amide bonds. The Balaban J connectivity index is 1.56. The maximum absolute atomic E-state index is 5.98. The third kappa shape index (κ3) is 6.19. The molecule has 0 saturated carbocycles. The molecule has 2 aliphatic rings. The van der Waals surface area contributed by atoms with Crippen LogP contribution in [0.4, 0.5) is 0 Å². The van der Waals surface area contributed by atoms with E-state index in [-0.39, 0.29) is 11.5 Å². The molecule has 0 radical (unpaired) electrons. The van der Waals surface area contributed by atoms with E-state index in [1.807, 2.05) is 7.05 Å². The van der Waals surface area contributed by atoms with Crippen molar-refractivity contribution in [2.24, 2.45) is 10.9 Å². The summed E-state index contributed by atoms with van der Waals surface area (Å²) < 4.78 is 11.7. The highest BCUT2D eigenvalue weighted by Gasteiger charge is 2.35. The van der Waals surface area contributed by atoms with Crippen LogP contribution in [0.5, 0.6) is 0 Å². The van der Waals surface area contributed by atoms with Crippen LogP contribution in [0.25, 0.3) is 0 Å². The third-order valence-corrected chi connectivity index (χ3v) is 6.33. The molecule has 1 unspecified atom stereocenters. The number of aliphatic imine (C=N–C) groups is 1. The van der Waals surface area contributed by atoms with Crippen molar-refractivity contribution in [3.8, 4) is 0 Å². The van der Waals surface area contributed by atoms with Crippen LogP contribution < -0.4 is 10.6 Å². The van der Waals surface area contributed by atoms with E-state index >= 15 is 0 Å². The maximum atomic E-state index is 5.98. The topological polar surface area (TPSA) is 58.1 Å². The number of ether oxygens (including phenoxy) is 2. The molecule has 2 fully saturated rings. The van der Waals surface area contributed by atoms with Crippen molar-refractivity contribution in [2.75, 3.05) is 59.6 Å². The number of hydrogen-bond donors (Lipinski definition) is 2. The molecule has 0 aromatic heterocycles. The molecule has 0 aliphatic carbocycles. The van der Waals surface area contributed by atoms with Crippen LogP contribution >= 0.6 is 0 Å². The number of guanidine groups is 1. The zero-order valence-corrected chi connectivity index (χ0v) is 19.2. The molecular formula is C24H40N4O2. The molecule has 6 heteroatoms. The summed E-state index contributed by atoms with van der Waals surface area (Å²) in [7, 11) is 1.84. The summed E-state index contributed by atoms with van der Waals surface area (Å²) >= 11 is 0. The zero-order chi connectivity index (χ0) is 21.4. The Morgan fingerprint density at radius 3 is 2.67 bits per heavy atom. The first-order chi connectivity index (χ1) is 14.5. The van der Waals surface area contributed by atoms with Crippen molar-refractivity contribution in [2.45, 2.75) is 45.1 Å². The van der Waals surface area contributed by atoms with Gasteiger partial charge in [-0.2, -0.15) is 0 Å². The lowest BCUT2D eigenvalue weighted by molar-refractivity contribution is -0.0284. The van der Waals surface area contributed by atoms with Crippen molar-refractivity contribution in [3.05, 3.63) is 35.4 Å². The zero-order valence-electron chi connectivity index (χ0n) is 19.2. The predicted molar refractivity (Wildman–Crippen MR) is 123 cm³/mol. The van der Waals surface area contributed by atoms with Gasteiger partial charge in [-0.15, -0.1) is 0 Å². The Morgan fingerprint density at radius 2 is 1.97 bits per heavy atom. The Labute approximate surface area is 182 Å². The molecular weight excluding hydrogens is 376 g/mol. The van der Waals surface area contributed by atoms with Gasteiger partial charge in [-0.3, -0.25) is 9.89 Å². The lowest BCUT2D eigenvalue weighted by Crippen LogP contribution is -2.52. The van der Waals surface area contributed by atoms with Crippen molar-refractivity contribution >= 4 is 5.96 Å². The highest BCUT2D eigenvalue weighted by molar-refractivity contribution is 5.79. The summed E-state index contributed by atoms with van der Waals surface area (Å²) in [5.74, 6) is 1.53. The van der Waals surface area contributed by atoms with Crippen LogP contribution in [0.15, 0.2) is 29.3 Å². The van der Waals surface area contributed by atoms with Crippen LogP contribution in [0.3, 0.4) is 0 Å². The highest BCUT2D eigenvalue weighted by atomic mass is 16.5. The van der Waals surface area contributed by atoms with Crippen LogP contribution in [-0.2, 0) is 14.9 Å². The van der Waals surface area contributed by atoms with Gasteiger partial charge in [-0.1, -0.05) is 38.1 Å². The molecule has 2 N–H and O–H groups in total. The van der Waals surface area contributed by atoms with E-state index in [2.05, 4.69) is 65.6 Å². The fraction of sp³-hybridized carbons (Fsp3) is 0.708. The lowest BCUT2D eigenvalue weighted by Gasteiger charge is -2.39. The molecule has 3 rings (SSSR count). The molecule has 2 aliphatic heterocycles. The van der Waals surface area contributed by atoms with Crippen molar-refractivity contribution in [3.63, 3.8) is 0 Å². The fourth-order valence-corrected chi connectivity index (χ4v) is 4.74. The summed E-state index contributed by atoms with van der Waals surface area (Å²) in [6.45, 7) is 14.0. The fourth-order valence-electron chi connectivity index (χ4n) is 4.74. The third-order valence-electron chi connectivity index (χ3n) is 6.33. The minimum absolute atomic E-state index is 0.0800. The van der Waals surface area contributed by atoms with Crippen molar-refractivity contribution in [1.82, 2.24) is 15.5 Å². The van der Waals surface area contributed by atoms with Gasteiger partial charge < -0.3 is 20.1 Å². The molecule has 30 heavy (non-hydrogen) atoms. The first-order valence-corrected chi connectivity index (χ1v) is 11.4. The van der Waals surface area contributed by atoms with Gasteiger partial charge in [0.2, 0.25) is 0 Å². The summed E-state index contributed by atoms with van der Waals surface area (Å²) in [4.78, 5) is 6.97. The van der Waals surface area contributed by atoms with Gasteiger partial charge in [0, 0.05) is 58.4 Å². The predicted octanol–water partition coefficient (Wildman–Crippen LogP) is 2.57. The van der Waals surface area contributed by atoms with E-state index in [0.29, 0.717) is 5.92 Å². The standard InChI is InChI=1S/C24H40N4O2/c1-19(2)16-28-11-14-30-21(17-28)15-26-23(25-4)27-18-24(9-12-29-13-10-24)22-8-6-5-7-20(22)3/h5-8,19,21H,9-18H2,1-4H3,(H2,25,26,27). The molecule has 1 atom stereocenters. The average Bonchev–Trinajstić information content (AvgIpc) is 2.74. The largest absolute Gasteiger partial charge is 0.381 e. The van der Waals surface area contributed by atoms with Gasteiger partial charge in [0.25, 0.3) is 0 Å². The van der Waals surface area contributed by atoms with E-state index in [1.165, 1.54) is 11.1 Å². The van der Waals surface area contributed by atoms with Crippen LogP contribution in [0, 0.1) is 12.8 Å². The van der Waals surface area contributed by atoms with E-state index in [4.69, 9.17) is 9.47 Å². The number of nitrogens with one attached hydrogen (secondary N) is 2. The molecule has 2 heterocycles. The Hall–Kier alpha value is -1.63. The SMILES string of the molecule is CN=C(NCC1CN(CC(C)C)CCO1)NCC1(c2ccccc2C)CCOCC1. The van der Waals surface area contributed by atoms with Gasteiger partial charge in [0.1, 0.15) is 0 Å². The molecule has 168 valence electrons. The van der Waals surface area contributed by atoms with Gasteiger partial charge in [-0.05, 0) is 36.8 Å². The number of aryl methyl sites for hydroxylation is 1. The highest BCUT2D eigenvalue weighted by Crippen LogP contribution is 2.36. The second kappa shape index (κ2) is 11.1. The van der Waals surface area contributed by atoms with E-state index in [1.54, 1.807) is 0 Å². The van der Waals surface area contributed by atoms with Crippen LogP contribution in [-0.4, -0.2) is 76.6 Å². The number of morpholine rings is 1. The summed E-state index contributed by atoms with van der Waals surface area (Å²) in [5.41, 5.74) is 2.86. The normalized spacial score (nSPS) is 22.8.